The lowest BCUT2D eigenvalue weighted by Gasteiger charge is -2.36. The third-order valence-corrected chi connectivity index (χ3v) is 10.0. The van der Waals surface area contributed by atoms with E-state index in [4.69, 9.17) is 5.73 Å². The number of fused-ring (bicyclic) bond motifs is 3. The topological polar surface area (TPSA) is 41.6 Å². The molecule has 3 nitrogen and oxygen atoms in total. The summed E-state index contributed by atoms with van der Waals surface area (Å²) in [5.41, 5.74) is 14.6. The van der Waals surface area contributed by atoms with Gasteiger partial charge in [-0.05, 0) is 69.6 Å². The van der Waals surface area contributed by atoms with E-state index in [1.54, 1.807) is 0 Å². The van der Waals surface area contributed by atoms with Crippen LogP contribution in [0.3, 0.4) is 0 Å². The van der Waals surface area contributed by atoms with E-state index in [9.17, 15) is 0 Å². The van der Waals surface area contributed by atoms with Gasteiger partial charge in [0.2, 0.25) is 0 Å². The lowest BCUT2D eigenvalue weighted by atomic mass is 9.92. The smallest absolute Gasteiger partial charge is 0.113 e. The van der Waals surface area contributed by atoms with Crippen molar-refractivity contribution in [2.75, 3.05) is 24.7 Å². The fraction of sp³-hybridized carbons (Fsp3) is 0.192. The van der Waals surface area contributed by atoms with Crippen molar-refractivity contribution in [1.29, 1.82) is 0 Å². The average Bonchev–Trinajstić information content (AvgIpc) is 3.16. The molecule has 0 aliphatic carbocycles. The van der Waals surface area contributed by atoms with E-state index in [1.165, 1.54) is 43.5 Å². The van der Waals surface area contributed by atoms with Crippen LogP contribution in [0.4, 0.5) is 17.1 Å². The number of benzene rings is 3. The van der Waals surface area contributed by atoms with Crippen LogP contribution in [0.2, 0.25) is 13.1 Å². The fourth-order valence-corrected chi connectivity index (χ4v) is 8.01. The van der Waals surface area contributed by atoms with Crippen LogP contribution in [0, 0.1) is 6.92 Å². The number of nitrogens with two attached hydrogens (primary N) is 1. The van der Waals surface area contributed by atoms with Gasteiger partial charge >= 0.3 is 0 Å². The number of nitrogens with zero attached hydrogens (tertiary/aromatic N) is 2. The van der Waals surface area contributed by atoms with E-state index < -0.39 is 8.07 Å². The van der Waals surface area contributed by atoms with Crippen molar-refractivity contribution >= 4 is 53.4 Å². The summed E-state index contributed by atoms with van der Waals surface area (Å²) in [6.07, 6.45) is 3.98. The molecule has 0 saturated heterocycles. The van der Waals surface area contributed by atoms with Crippen molar-refractivity contribution in [3.05, 3.63) is 75.7 Å². The Morgan fingerprint density at radius 1 is 0.900 bits per heavy atom. The maximum absolute atomic E-state index is 6.32. The zero-order valence-corrected chi connectivity index (χ0v) is 19.2. The number of nitrogen functional groups attached to an aromatic ring is 1. The van der Waals surface area contributed by atoms with Crippen molar-refractivity contribution in [1.82, 2.24) is 0 Å². The van der Waals surface area contributed by atoms with Crippen LogP contribution in [-0.4, -0.2) is 28.4 Å². The third kappa shape index (κ3) is 2.67. The molecule has 2 aliphatic rings. The number of hydrogen-bond donors (Lipinski definition) is 1. The molecule has 0 fully saturated rings. The summed E-state index contributed by atoms with van der Waals surface area (Å²) < 4.78 is 0. The molecule has 5 rings (SSSR count). The van der Waals surface area contributed by atoms with Gasteiger partial charge in [0.05, 0.1) is 5.69 Å². The fourth-order valence-electron chi connectivity index (χ4n) is 4.86. The van der Waals surface area contributed by atoms with Crippen LogP contribution in [0.25, 0.3) is 11.6 Å². The summed E-state index contributed by atoms with van der Waals surface area (Å²) in [4.78, 5) is 6.73. The van der Waals surface area contributed by atoms with Gasteiger partial charge in [0.15, 0.2) is 0 Å². The largest absolute Gasteiger partial charge is 0.399 e. The normalized spacial score (nSPS) is 17.1. The molecule has 3 aromatic rings. The summed E-state index contributed by atoms with van der Waals surface area (Å²) in [5, 5.41) is 5.32. The van der Waals surface area contributed by atoms with E-state index in [-0.39, 0.29) is 0 Å². The first-order valence-corrected chi connectivity index (χ1v) is 13.4. The molecule has 0 atom stereocenters. The Hall–Kier alpha value is -3.11. The van der Waals surface area contributed by atoms with Crippen LogP contribution < -0.4 is 31.4 Å². The minimum Gasteiger partial charge on any atom is -0.399 e. The summed E-state index contributed by atoms with van der Waals surface area (Å²) in [5.74, 6) is 0. The van der Waals surface area contributed by atoms with Crippen LogP contribution in [0.15, 0.2) is 53.5 Å². The molecule has 0 bridgehead atoms. The molecule has 0 aromatic heterocycles. The first kappa shape index (κ1) is 18.9. The number of hydrogen-bond acceptors (Lipinski definition) is 3. The lowest BCUT2D eigenvalue weighted by Crippen LogP contribution is -2.59. The Morgan fingerprint density at radius 3 is 2.33 bits per heavy atom. The minimum atomic E-state index is -1.87. The van der Waals surface area contributed by atoms with Gasteiger partial charge in [0, 0.05) is 36.9 Å². The Bertz CT molecular complexity index is 1360. The number of anilines is 2. The lowest BCUT2D eigenvalue weighted by molar-refractivity contribution is 1.13. The first-order chi connectivity index (χ1) is 14.3. The third-order valence-electron chi connectivity index (χ3n) is 6.48. The number of aryl methyl sites for hydroxylation is 1. The summed E-state index contributed by atoms with van der Waals surface area (Å²) in [7, 11) is 2.35. The Labute approximate surface area is 178 Å². The summed E-state index contributed by atoms with van der Waals surface area (Å²) >= 11 is 0. The molecule has 150 valence electrons. The van der Waals surface area contributed by atoms with Crippen LogP contribution in [-0.2, 0) is 0 Å². The quantitative estimate of drug-likeness (QED) is 0.496. The Balaban J connectivity index is 2.00. The maximum Gasteiger partial charge on any atom is 0.113 e. The van der Waals surface area contributed by atoms with Gasteiger partial charge in [-0.25, -0.2) is 0 Å². The van der Waals surface area contributed by atoms with E-state index in [0.717, 1.165) is 16.6 Å². The molecule has 0 saturated carbocycles. The van der Waals surface area contributed by atoms with E-state index in [2.05, 4.69) is 92.5 Å². The molecule has 0 amide bonds. The second kappa shape index (κ2) is 6.44. The SMILES string of the molecule is Cc1ccc2c(c1)[Si](C)(C)c1cc(N(C)C)ccc1C2=c1cc(N)cc2c1=CC=N2. The Kier molecular flexibility index (Phi) is 4.06. The number of rotatable bonds is 1. The standard InChI is InChI=1S/C26H27N3Si/c1-16-6-8-20-24(12-16)30(4,5)25-15-18(29(2)3)7-9-21(25)26(20)22-13-17(27)14-23-19(22)10-11-28-23/h6-15H,27H2,1-5H3. The highest BCUT2D eigenvalue weighted by atomic mass is 28.3. The molecular formula is C26H27N3Si. The molecule has 2 aliphatic heterocycles. The van der Waals surface area contributed by atoms with Crippen LogP contribution in [0.5, 0.6) is 0 Å². The second-order valence-electron chi connectivity index (χ2n) is 9.12. The van der Waals surface area contributed by atoms with Gasteiger partial charge in [-0.15, -0.1) is 0 Å². The van der Waals surface area contributed by atoms with Crippen LogP contribution in [0.1, 0.15) is 16.7 Å². The van der Waals surface area contributed by atoms with Crippen molar-refractivity contribution in [3.63, 3.8) is 0 Å². The molecule has 30 heavy (non-hydrogen) atoms. The molecular weight excluding hydrogens is 382 g/mol. The minimum absolute atomic E-state index is 0.755. The summed E-state index contributed by atoms with van der Waals surface area (Å²) in [6.45, 7) is 7.13. The van der Waals surface area contributed by atoms with E-state index in [1.807, 2.05) is 12.3 Å². The van der Waals surface area contributed by atoms with Crippen molar-refractivity contribution in [2.45, 2.75) is 20.0 Å². The predicted octanol–water partition coefficient (Wildman–Crippen LogP) is 2.52. The zero-order valence-electron chi connectivity index (χ0n) is 18.2. The monoisotopic (exact) mass is 409 g/mol. The van der Waals surface area contributed by atoms with Crippen molar-refractivity contribution < 1.29 is 0 Å². The first-order valence-electron chi connectivity index (χ1n) is 10.4. The van der Waals surface area contributed by atoms with Crippen LogP contribution >= 0.6 is 0 Å². The van der Waals surface area contributed by atoms with Crippen molar-refractivity contribution in [3.8, 4) is 0 Å². The van der Waals surface area contributed by atoms with Gasteiger partial charge < -0.3 is 10.6 Å². The van der Waals surface area contributed by atoms with Crippen molar-refractivity contribution in [2.24, 2.45) is 4.99 Å². The Morgan fingerprint density at radius 2 is 1.60 bits per heavy atom. The highest BCUT2D eigenvalue weighted by Gasteiger charge is 2.37. The molecule has 0 radical (unpaired) electrons. The zero-order chi connectivity index (χ0) is 21.2. The van der Waals surface area contributed by atoms with Gasteiger partial charge in [0.1, 0.15) is 8.07 Å². The van der Waals surface area contributed by atoms with Gasteiger partial charge in [-0.3, -0.25) is 4.99 Å². The highest BCUT2D eigenvalue weighted by molar-refractivity contribution is 7.02. The summed E-state index contributed by atoms with van der Waals surface area (Å²) in [6, 6.07) is 18.0. The molecule has 0 unspecified atom stereocenters. The second-order valence-corrected chi connectivity index (χ2v) is 13.4. The van der Waals surface area contributed by atoms with E-state index in [0.29, 0.717) is 0 Å². The molecule has 0 spiro atoms. The highest BCUT2D eigenvalue weighted by Crippen LogP contribution is 2.30. The number of aliphatic imine (C=N–C) groups is 1. The molecule has 2 heterocycles. The van der Waals surface area contributed by atoms with E-state index >= 15 is 0 Å². The van der Waals surface area contributed by atoms with Gasteiger partial charge in [-0.1, -0.05) is 42.9 Å². The van der Waals surface area contributed by atoms with Gasteiger partial charge in [0.25, 0.3) is 0 Å². The maximum atomic E-state index is 6.32. The predicted molar refractivity (Wildman–Crippen MR) is 133 cm³/mol. The molecule has 4 heteroatoms. The van der Waals surface area contributed by atoms with Gasteiger partial charge in [-0.2, -0.15) is 0 Å². The molecule has 2 N–H and O–H groups in total. The average molecular weight is 410 g/mol. The molecule has 3 aromatic carbocycles.